The second kappa shape index (κ2) is 36.1. The summed E-state index contributed by atoms with van der Waals surface area (Å²) in [6.07, 6.45) is -10.4. The van der Waals surface area contributed by atoms with Crippen LogP contribution in [0.25, 0.3) is 67.0 Å². The Labute approximate surface area is 766 Å². The first kappa shape index (κ1) is 93.5. The van der Waals surface area contributed by atoms with Crippen LogP contribution in [0.4, 0.5) is 34.9 Å². The van der Waals surface area contributed by atoms with Gasteiger partial charge < -0.3 is 139 Å². The van der Waals surface area contributed by atoms with Crippen LogP contribution in [-0.2, 0) is 146 Å². The van der Waals surface area contributed by atoms with E-state index in [9.17, 15) is 58.7 Å². The lowest BCUT2D eigenvalue weighted by molar-refractivity contribution is -0.0603. The zero-order chi connectivity index (χ0) is 92.9. The molecule has 27 atom stereocenters. The maximum Gasteiger partial charge on any atom is 0.386 e. The Morgan fingerprint density at radius 3 is 1.12 bits per heavy atom. The van der Waals surface area contributed by atoms with Crippen molar-refractivity contribution in [2.24, 2.45) is 0 Å². The number of fused-ring (bicyclic) bond motifs is 15. The third-order valence-electron chi connectivity index (χ3n) is 21.9. The molecule has 0 aliphatic carbocycles. The van der Waals surface area contributed by atoms with Crippen LogP contribution in [0.2, 0.25) is 0 Å². The molecule has 69 heteroatoms. The van der Waals surface area contributed by atoms with Crippen molar-refractivity contribution in [1.82, 2.24) is 102 Å². The maximum atomic E-state index is 13.4. The maximum absolute atomic E-state index is 13.4. The van der Waals surface area contributed by atoms with Crippen molar-refractivity contribution >= 4 is 214 Å². The van der Waals surface area contributed by atoms with Gasteiger partial charge in [-0.1, -0.05) is 12.2 Å². The molecule has 132 heavy (non-hydrogen) atoms. The van der Waals surface area contributed by atoms with Gasteiger partial charge in [0.15, 0.2) is 81.6 Å². The van der Waals surface area contributed by atoms with Crippen molar-refractivity contribution in [2.45, 2.75) is 148 Å². The monoisotopic (exact) mass is 2070 g/mol. The lowest BCUT2D eigenvalue weighted by Gasteiger charge is -2.28. The van der Waals surface area contributed by atoms with Crippen LogP contribution in [0.1, 0.15) is 56.6 Å². The van der Waals surface area contributed by atoms with Crippen molar-refractivity contribution in [3.8, 4) is 0 Å². The highest BCUT2D eigenvalue weighted by Gasteiger charge is 2.56. The van der Waals surface area contributed by atoms with E-state index in [-0.39, 0.29) is 90.4 Å². The van der Waals surface area contributed by atoms with E-state index in [1.807, 2.05) is 0 Å². The summed E-state index contributed by atoms with van der Waals surface area (Å²) in [6, 6.07) is 4.77. The molecule has 12 aromatic heterocycles. The number of nitrogen functional groups attached to an aromatic ring is 6. The van der Waals surface area contributed by atoms with Crippen LogP contribution < -0.4 is 51.1 Å². The van der Waals surface area contributed by atoms with Gasteiger partial charge in [-0.05, 0) is 77.2 Å². The fourth-order valence-corrected chi connectivity index (χ4v) is 24.8. The Morgan fingerprint density at radius 2 is 0.682 bits per heavy atom. The second-order valence-corrected chi connectivity index (χ2v) is 47.4. The topological polar surface area (TPSA) is 784 Å². The van der Waals surface area contributed by atoms with E-state index in [0.717, 1.165) is 0 Å². The molecule has 57 nitrogen and oxygen atoms in total. The number of nitrogens with two attached hydrogens (primary N) is 6. The average molecular weight is 2070 g/mol. The molecule has 9 aliphatic rings. The molecule has 9 saturated heterocycles. The van der Waals surface area contributed by atoms with Crippen LogP contribution in [0.3, 0.4) is 0 Å². The SMILES string of the molecule is Nc1nc2c(ncn2[C@@H]2O[C@@H]3COP(=O)(S)O[C@@H]4C(O)[C@H](n5cnc6c(N)ccnc65)O[C@@H]4COP(O)(=S)OC2C3)c(=O)[nH]1.Nc1nc2c(ncn2[C@@H]2O[C@@H]3COP(O)(=S)O[C@@H]4C(O)[C@H](n5cnc6c(N)ccnc65)O[C@@H]4COP(O)(=S)OC2C3)c(=O)[nH]1.Nc1nc2c(ncn2[C@@H]2O[C@@H]3COP(O)(=S)O[C@@H]4C[C@H](n5cnc6c(N)ccnc65)O[C@@H]4COP(O)(=S)OC2[C@H]3O)c(=O)[nH]1. The van der Waals surface area contributed by atoms with Crippen LogP contribution in [0.15, 0.2) is 89.1 Å². The Morgan fingerprint density at radius 1 is 0.348 bits per heavy atom. The number of imidazole rings is 6. The van der Waals surface area contributed by atoms with E-state index in [2.05, 4.69) is 87.0 Å². The van der Waals surface area contributed by atoms with Crippen molar-refractivity contribution in [3.05, 3.63) is 106 Å². The molecule has 708 valence electrons. The summed E-state index contributed by atoms with van der Waals surface area (Å²) >= 11 is 30.6. The van der Waals surface area contributed by atoms with Crippen molar-refractivity contribution < 1.29 is 127 Å². The minimum absolute atomic E-state index is 0.00399. The highest BCUT2D eigenvalue weighted by molar-refractivity contribution is 8.44. The van der Waals surface area contributed by atoms with Gasteiger partial charge in [0.25, 0.3) is 16.7 Å². The molecule has 9 fully saturated rings. The van der Waals surface area contributed by atoms with E-state index in [0.29, 0.717) is 50.6 Å². The zero-order valence-electron chi connectivity index (χ0n) is 66.7. The number of nitrogens with zero attached hydrogens (tertiary/aromatic N) is 18. The summed E-state index contributed by atoms with van der Waals surface area (Å²) in [4.78, 5) is 150. The van der Waals surface area contributed by atoms with Gasteiger partial charge >= 0.3 is 40.4 Å². The van der Waals surface area contributed by atoms with Gasteiger partial charge in [-0.25, -0.2) is 49.4 Å². The first-order chi connectivity index (χ1) is 62.7. The largest absolute Gasteiger partial charge is 0.397 e. The number of rotatable bonds is 6. The van der Waals surface area contributed by atoms with Gasteiger partial charge in [-0.15, -0.1) is 0 Å². The molecule has 21 heterocycles. The van der Waals surface area contributed by atoms with Gasteiger partial charge in [0, 0.05) is 37.9 Å². The normalized spacial score (nSPS) is 36.6. The summed E-state index contributed by atoms with van der Waals surface area (Å²) < 4.78 is 127. The second-order valence-electron chi connectivity index (χ2n) is 30.5. The number of pyridine rings is 3. The number of ether oxygens (including phenoxy) is 6. The minimum Gasteiger partial charge on any atom is -0.397 e. The lowest BCUT2D eigenvalue weighted by atomic mass is 10.1. The third-order valence-corrected chi connectivity index (χ3v) is 31.4. The van der Waals surface area contributed by atoms with Gasteiger partial charge in [-0.3, -0.25) is 74.8 Å². The fraction of sp³-hybridized carbons (Fsp3) is 0.476. The summed E-state index contributed by atoms with van der Waals surface area (Å²) in [5.74, 6) is -0.492. The molecule has 0 spiro atoms. The summed E-state index contributed by atoms with van der Waals surface area (Å²) in [5, 5.41) is 33.7. The third kappa shape index (κ3) is 18.8. The molecule has 11 unspecified atom stereocenters. The van der Waals surface area contributed by atoms with E-state index in [1.54, 1.807) is 22.8 Å². The predicted octanol–water partition coefficient (Wildman–Crippen LogP) is -0.602. The van der Waals surface area contributed by atoms with Crippen molar-refractivity contribution in [1.29, 1.82) is 0 Å². The van der Waals surface area contributed by atoms with Gasteiger partial charge in [0.1, 0.15) is 96.0 Å². The van der Waals surface area contributed by atoms with Gasteiger partial charge in [0.05, 0.1) is 113 Å². The highest BCUT2D eigenvalue weighted by atomic mass is 32.7. The number of aliphatic hydroxyl groups excluding tert-OH is 3. The van der Waals surface area contributed by atoms with E-state index in [4.69, 9.17) is 176 Å². The first-order valence-electron chi connectivity index (χ1n) is 39.0. The van der Waals surface area contributed by atoms with Crippen molar-refractivity contribution in [3.63, 3.8) is 0 Å². The zero-order valence-corrected chi connectivity index (χ0v) is 77.0. The summed E-state index contributed by atoms with van der Waals surface area (Å²) in [6.45, 7) is -26.6. The number of anilines is 6. The van der Waals surface area contributed by atoms with Gasteiger partial charge in [0.2, 0.25) is 17.8 Å². The molecule has 12 aromatic rings. The van der Waals surface area contributed by atoms with Crippen molar-refractivity contribution in [2.75, 3.05) is 74.0 Å². The number of aliphatic hydroxyl groups is 3. The van der Waals surface area contributed by atoms with E-state index in [1.165, 1.54) is 79.4 Å². The Bertz CT molecular complexity index is 6730. The standard InChI is InChI=1S/3C21H25N9O10P2S2/c2*22-9-1-2-24-16-12(9)25-6-29(16)20-14(31)15-11(38-20)5-36-41(33,43)39-10-3-8(4-35-42(34,44)40-15)37-19(10)30-7-26-13-17(30)27-21(23)28-18(13)32;22-8-1-2-24-17-13(8)25-6-29(17)12-3-9-10(37-12)4-35-42(34,44)40-16-15(31)11(5-36-41(33,43)39-9)38-20(16)30-7-26-14-18(30)27-21(23)28-19(14)32/h2*1-2,6-8,10-11,14-15,19-20,31H,3-5H2,(H2,22,24)(H,33,43)(H,34,44)(H3,23,27,28,32);1-2,6-7,9-12,15-16,20,31H,3-5H2,(H2,22,24)(H,33,43)(H,34,44)(H3,23,27,28,32)/t2*8-,10?,11+,14?,15-,19+,20+,41?,42?;9-,10-,11-,12-,15+,16?,20-,41?,42?/m001/s1. The highest BCUT2D eigenvalue weighted by Crippen LogP contribution is 2.61. The molecule has 0 radical (unpaired) electrons. The van der Waals surface area contributed by atoms with Crippen LogP contribution >= 0.6 is 52.6 Å². The number of aromatic nitrogens is 21. The molecule has 0 aromatic carbocycles. The molecule has 0 saturated carbocycles. The molecule has 9 aliphatic heterocycles. The fourth-order valence-electron chi connectivity index (χ4n) is 16.1. The Kier molecular flexibility index (Phi) is 25.6. The van der Waals surface area contributed by atoms with Crippen LogP contribution in [0.5, 0.6) is 0 Å². The molecule has 6 bridgehead atoms. The van der Waals surface area contributed by atoms with Crippen LogP contribution in [0, 0.1) is 0 Å². The number of hydrogen-bond donors (Lipinski definition) is 18. The summed E-state index contributed by atoms with van der Waals surface area (Å²) in [7, 11) is 0. The van der Waals surface area contributed by atoms with Gasteiger partial charge in [-0.2, -0.15) is 15.0 Å². The number of thiol groups is 1. The first-order valence-corrected chi connectivity index (χ1v) is 54.6. The number of hydrogen-bond acceptors (Lipinski definition) is 48. The summed E-state index contributed by atoms with van der Waals surface area (Å²) in [5.41, 5.74) is 37.1. The predicted molar refractivity (Wildman–Crippen MR) is 473 cm³/mol. The Balaban J connectivity index is 0.000000128. The smallest absolute Gasteiger partial charge is 0.386 e. The molecular weight excluding hydrogens is 1990 g/mol. The lowest BCUT2D eigenvalue weighted by Crippen LogP contribution is -2.36. The molecule has 21 rings (SSSR count). The average Bonchev–Trinajstić information content (AvgIpc) is 1.62. The molecule has 0 amide bonds. The number of aromatic amines is 3. The molecular formula is C63H75N27O30P6S6. The van der Waals surface area contributed by atoms with Crippen LogP contribution in [-0.4, -0.2) is 273 Å². The quantitative estimate of drug-likeness (QED) is 0.0730. The molecule has 23 N–H and O–H groups in total. The minimum atomic E-state index is -4.17. The number of H-pyrrole nitrogens is 3. The number of nitrogens with one attached hydrogen (secondary N) is 3. The Hall–Kier alpha value is -7.50. The van der Waals surface area contributed by atoms with E-state index < -0.39 is 206 Å². The van der Waals surface area contributed by atoms with E-state index >= 15 is 0 Å².